The molecule has 0 bridgehead atoms. The van der Waals surface area contributed by atoms with Crippen LogP contribution in [-0.2, 0) is 0 Å². The van der Waals surface area contributed by atoms with E-state index < -0.39 is 0 Å². The van der Waals surface area contributed by atoms with Gasteiger partial charge < -0.3 is 5.32 Å². The number of nitrogens with one attached hydrogen (secondary N) is 1. The van der Waals surface area contributed by atoms with E-state index in [0.717, 1.165) is 30.5 Å². The Morgan fingerprint density at radius 3 is 2.47 bits per heavy atom. The minimum atomic E-state index is 0.776. The van der Waals surface area contributed by atoms with Gasteiger partial charge in [0, 0.05) is 25.2 Å². The van der Waals surface area contributed by atoms with Crippen LogP contribution in [0.1, 0.15) is 51.9 Å². The maximum absolute atomic E-state index is 3.70. The molecule has 0 aromatic heterocycles. The highest BCUT2D eigenvalue weighted by atomic mass is 15.2. The molecular formula is C15H28N2. The lowest BCUT2D eigenvalue weighted by molar-refractivity contribution is 0.0551. The molecule has 1 saturated heterocycles. The summed E-state index contributed by atoms with van der Waals surface area (Å²) in [6.45, 7) is 6.11. The normalized spacial score (nSPS) is 35.8. The molecule has 98 valence electrons. The number of rotatable bonds is 5. The summed E-state index contributed by atoms with van der Waals surface area (Å²) >= 11 is 0. The molecule has 3 aliphatic rings. The third kappa shape index (κ3) is 3.03. The van der Waals surface area contributed by atoms with Crippen LogP contribution in [0.15, 0.2) is 0 Å². The van der Waals surface area contributed by atoms with E-state index in [4.69, 9.17) is 0 Å². The third-order valence-electron chi connectivity index (χ3n) is 5.01. The summed E-state index contributed by atoms with van der Waals surface area (Å²) in [7, 11) is 0. The van der Waals surface area contributed by atoms with E-state index in [1.807, 2.05) is 0 Å². The lowest BCUT2D eigenvalue weighted by Gasteiger charge is -2.45. The molecule has 1 N–H and O–H groups in total. The summed E-state index contributed by atoms with van der Waals surface area (Å²) < 4.78 is 0. The van der Waals surface area contributed by atoms with Crippen LogP contribution in [0.4, 0.5) is 0 Å². The van der Waals surface area contributed by atoms with E-state index in [0.29, 0.717) is 0 Å². The zero-order valence-electron chi connectivity index (χ0n) is 11.3. The zero-order valence-corrected chi connectivity index (χ0v) is 11.3. The van der Waals surface area contributed by atoms with Gasteiger partial charge in [-0.25, -0.2) is 0 Å². The first-order valence-electron chi connectivity index (χ1n) is 7.82. The van der Waals surface area contributed by atoms with Crippen molar-refractivity contribution in [2.45, 2.75) is 64.0 Å². The van der Waals surface area contributed by atoms with Gasteiger partial charge >= 0.3 is 0 Å². The molecule has 3 fully saturated rings. The molecule has 2 saturated carbocycles. The van der Waals surface area contributed by atoms with Crippen LogP contribution in [0.3, 0.4) is 0 Å². The highest BCUT2D eigenvalue weighted by molar-refractivity contribution is 4.91. The van der Waals surface area contributed by atoms with Crippen molar-refractivity contribution in [3.63, 3.8) is 0 Å². The minimum absolute atomic E-state index is 0.776. The molecule has 17 heavy (non-hydrogen) atoms. The van der Waals surface area contributed by atoms with Gasteiger partial charge in [0.15, 0.2) is 0 Å². The lowest BCUT2D eigenvalue weighted by Crippen LogP contribution is -2.54. The van der Waals surface area contributed by atoms with Crippen LogP contribution < -0.4 is 5.32 Å². The van der Waals surface area contributed by atoms with Gasteiger partial charge in [-0.1, -0.05) is 26.2 Å². The first-order valence-corrected chi connectivity index (χ1v) is 7.82. The van der Waals surface area contributed by atoms with Crippen molar-refractivity contribution in [3.8, 4) is 0 Å². The summed E-state index contributed by atoms with van der Waals surface area (Å²) in [5.74, 6) is 2.09. The number of piperidine rings is 1. The Kier molecular flexibility index (Phi) is 3.72. The summed E-state index contributed by atoms with van der Waals surface area (Å²) in [6, 6.07) is 1.72. The second-order valence-corrected chi connectivity index (χ2v) is 6.57. The molecule has 2 unspecified atom stereocenters. The fraction of sp³-hybridized carbons (Fsp3) is 1.00. The molecule has 3 rings (SSSR count). The number of hydrogen-bond acceptors (Lipinski definition) is 2. The van der Waals surface area contributed by atoms with Crippen molar-refractivity contribution >= 4 is 0 Å². The molecule has 2 aliphatic carbocycles. The van der Waals surface area contributed by atoms with Gasteiger partial charge in [0.2, 0.25) is 0 Å². The van der Waals surface area contributed by atoms with Gasteiger partial charge in [0.1, 0.15) is 0 Å². The van der Waals surface area contributed by atoms with E-state index >= 15 is 0 Å². The minimum Gasteiger partial charge on any atom is -0.313 e. The van der Waals surface area contributed by atoms with Crippen molar-refractivity contribution in [2.75, 3.05) is 19.6 Å². The lowest BCUT2D eigenvalue weighted by atomic mass is 9.84. The van der Waals surface area contributed by atoms with Crippen molar-refractivity contribution in [3.05, 3.63) is 0 Å². The SMILES string of the molecule is CCNC1CC(CC2CC2)CN(C2CCC2)C1. The fourth-order valence-corrected chi connectivity index (χ4v) is 3.72. The van der Waals surface area contributed by atoms with Crippen LogP contribution in [-0.4, -0.2) is 36.6 Å². The van der Waals surface area contributed by atoms with Crippen molar-refractivity contribution in [1.29, 1.82) is 0 Å². The Balaban J connectivity index is 1.55. The van der Waals surface area contributed by atoms with Crippen LogP contribution in [0, 0.1) is 11.8 Å². The quantitative estimate of drug-likeness (QED) is 0.789. The molecule has 0 aromatic rings. The Morgan fingerprint density at radius 2 is 1.88 bits per heavy atom. The second kappa shape index (κ2) is 5.27. The standard InChI is InChI=1S/C15H28N2/c1-2-16-14-9-13(8-12-6-7-12)10-17(11-14)15-4-3-5-15/h12-16H,2-11H2,1H3. The van der Waals surface area contributed by atoms with E-state index in [2.05, 4.69) is 17.1 Å². The van der Waals surface area contributed by atoms with Crippen molar-refractivity contribution in [2.24, 2.45) is 11.8 Å². The largest absolute Gasteiger partial charge is 0.313 e. The van der Waals surface area contributed by atoms with Gasteiger partial charge in [0.25, 0.3) is 0 Å². The summed E-state index contributed by atoms with van der Waals surface area (Å²) in [6.07, 6.45) is 10.4. The molecule has 1 aliphatic heterocycles. The van der Waals surface area contributed by atoms with Crippen LogP contribution in [0.5, 0.6) is 0 Å². The predicted molar refractivity (Wildman–Crippen MR) is 72.1 cm³/mol. The molecule has 1 heterocycles. The zero-order chi connectivity index (χ0) is 11.7. The van der Waals surface area contributed by atoms with E-state index in [1.165, 1.54) is 58.0 Å². The van der Waals surface area contributed by atoms with Crippen LogP contribution >= 0.6 is 0 Å². The molecule has 0 amide bonds. The topological polar surface area (TPSA) is 15.3 Å². The van der Waals surface area contributed by atoms with E-state index in [9.17, 15) is 0 Å². The van der Waals surface area contributed by atoms with Crippen molar-refractivity contribution in [1.82, 2.24) is 10.2 Å². The number of likely N-dealkylation sites (N-methyl/N-ethyl adjacent to an activating group) is 1. The molecular weight excluding hydrogens is 208 g/mol. The second-order valence-electron chi connectivity index (χ2n) is 6.57. The van der Waals surface area contributed by atoms with Gasteiger partial charge in [-0.2, -0.15) is 0 Å². The number of nitrogens with zero attached hydrogens (tertiary/aromatic N) is 1. The Hall–Kier alpha value is -0.0800. The molecule has 2 atom stereocenters. The molecule has 0 aromatic carbocycles. The predicted octanol–water partition coefficient (Wildman–Crippen LogP) is 2.64. The van der Waals surface area contributed by atoms with Gasteiger partial charge in [-0.3, -0.25) is 4.90 Å². The smallest absolute Gasteiger partial charge is 0.0198 e. The molecule has 0 spiro atoms. The monoisotopic (exact) mass is 236 g/mol. The van der Waals surface area contributed by atoms with E-state index in [-0.39, 0.29) is 0 Å². The molecule has 2 heteroatoms. The maximum atomic E-state index is 3.70. The van der Waals surface area contributed by atoms with Gasteiger partial charge in [0.05, 0.1) is 0 Å². The molecule has 0 radical (unpaired) electrons. The Labute approximate surface area is 106 Å². The van der Waals surface area contributed by atoms with E-state index in [1.54, 1.807) is 0 Å². The number of hydrogen-bond donors (Lipinski definition) is 1. The van der Waals surface area contributed by atoms with Crippen LogP contribution in [0.2, 0.25) is 0 Å². The van der Waals surface area contributed by atoms with Gasteiger partial charge in [-0.15, -0.1) is 0 Å². The average Bonchev–Trinajstić information content (AvgIpc) is 2.99. The van der Waals surface area contributed by atoms with Gasteiger partial charge in [-0.05, 0) is 44.1 Å². The first kappa shape index (κ1) is 12.0. The van der Waals surface area contributed by atoms with Crippen LogP contribution in [0.25, 0.3) is 0 Å². The summed E-state index contributed by atoms with van der Waals surface area (Å²) in [4.78, 5) is 2.81. The first-order chi connectivity index (χ1) is 8.35. The Morgan fingerprint density at radius 1 is 1.06 bits per heavy atom. The maximum Gasteiger partial charge on any atom is 0.0198 e. The fourth-order valence-electron chi connectivity index (χ4n) is 3.72. The average molecular weight is 236 g/mol. The summed E-state index contributed by atoms with van der Waals surface area (Å²) in [5.41, 5.74) is 0. The van der Waals surface area contributed by atoms with Crippen molar-refractivity contribution < 1.29 is 0 Å². The number of likely N-dealkylation sites (tertiary alicyclic amines) is 1. The highest BCUT2D eigenvalue weighted by Gasteiger charge is 2.35. The molecule has 2 nitrogen and oxygen atoms in total. The summed E-state index contributed by atoms with van der Waals surface area (Å²) in [5, 5.41) is 3.70. The Bertz CT molecular complexity index is 245. The third-order valence-corrected chi connectivity index (χ3v) is 5.01. The highest BCUT2D eigenvalue weighted by Crippen LogP contribution is 2.39.